The van der Waals surface area contributed by atoms with E-state index in [4.69, 9.17) is 4.74 Å². The topological polar surface area (TPSA) is 75.1 Å². The van der Waals surface area contributed by atoms with Gasteiger partial charge in [-0.3, -0.25) is 4.99 Å². The predicted octanol–water partition coefficient (Wildman–Crippen LogP) is 3.53. The molecule has 8 heteroatoms. The molecule has 0 bridgehead atoms. The number of ether oxygens (including phenoxy) is 2. The van der Waals surface area contributed by atoms with Gasteiger partial charge in [0, 0.05) is 19.7 Å². The van der Waals surface area contributed by atoms with E-state index in [1.807, 2.05) is 25.1 Å². The molecule has 1 atom stereocenters. The summed E-state index contributed by atoms with van der Waals surface area (Å²) in [5, 5.41) is 16.6. The quantitative estimate of drug-likeness (QED) is 0.255. The average molecular weight is 436 g/mol. The Labute approximate surface area is 182 Å². The highest BCUT2D eigenvalue weighted by molar-refractivity contribution is 5.79. The zero-order valence-electron chi connectivity index (χ0n) is 17.8. The number of guanidine groups is 1. The van der Waals surface area contributed by atoms with Crippen LogP contribution in [0, 0.1) is 0 Å². The highest BCUT2D eigenvalue weighted by atomic mass is 19.3. The number of benzene rings is 2. The molecule has 170 valence electrons. The summed E-state index contributed by atoms with van der Waals surface area (Å²) in [4.78, 5) is 4.39. The van der Waals surface area contributed by atoms with Gasteiger partial charge in [0.25, 0.3) is 0 Å². The smallest absolute Gasteiger partial charge is 0.387 e. The number of nitrogens with one attached hydrogen (secondary N) is 2. The first-order valence-electron chi connectivity index (χ1n) is 10.4. The Bertz CT molecular complexity index is 758. The van der Waals surface area contributed by atoms with Crippen molar-refractivity contribution < 1.29 is 23.4 Å². The van der Waals surface area contributed by atoms with E-state index in [9.17, 15) is 13.9 Å². The van der Waals surface area contributed by atoms with Crippen LogP contribution in [-0.4, -0.2) is 50.5 Å². The van der Waals surface area contributed by atoms with Gasteiger partial charge >= 0.3 is 6.61 Å². The predicted molar refractivity (Wildman–Crippen MR) is 118 cm³/mol. The van der Waals surface area contributed by atoms with Gasteiger partial charge in [-0.25, -0.2) is 0 Å². The molecule has 3 N–H and O–H groups in total. The zero-order chi connectivity index (χ0) is 22.3. The Morgan fingerprint density at radius 3 is 2.45 bits per heavy atom. The Morgan fingerprint density at radius 2 is 1.77 bits per heavy atom. The number of hydrogen-bond donors (Lipinski definition) is 3. The van der Waals surface area contributed by atoms with Gasteiger partial charge in [0.2, 0.25) is 0 Å². The minimum absolute atomic E-state index is 0.0513. The summed E-state index contributed by atoms with van der Waals surface area (Å²) in [5.74, 6) is 0.652. The van der Waals surface area contributed by atoms with Crippen LogP contribution in [0.25, 0.3) is 0 Å². The Morgan fingerprint density at radius 1 is 1.03 bits per heavy atom. The summed E-state index contributed by atoms with van der Waals surface area (Å²) in [5.41, 5.74) is 1.84. The molecule has 0 heterocycles. The first-order valence-corrected chi connectivity index (χ1v) is 10.4. The van der Waals surface area contributed by atoms with E-state index in [0.29, 0.717) is 37.8 Å². The Hall–Kier alpha value is -2.71. The standard InChI is InChI=1S/C23H31F2N3O3/c1-2-26-23(27-14-6-15-30-16-13-18-7-4-3-5-8-18)28-17-21(29)19-9-11-20(12-10-19)31-22(24)25/h3-5,7-12,21-22,29H,2,6,13-17H2,1H3,(H2,26,27,28). The number of aliphatic hydroxyl groups is 1. The lowest BCUT2D eigenvalue weighted by molar-refractivity contribution is -0.0498. The second-order valence-corrected chi connectivity index (χ2v) is 6.81. The average Bonchev–Trinajstić information content (AvgIpc) is 2.77. The SMILES string of the molecule is CCNC(=NCC(O)c1ccc(OC(F)F)cc1)NCCCOCCc1ccccc1. The molecule has 0 radical (unpaired) electrons. The molecule has 2 aromatic rings. The third-order valence-electron chi connectivity index (χ3n) is 4.39. The van der Waals surface area contributed by atoms with Crippen molar-refractivity contribution in [2.75, 3.05) is 32.8 Å². The second-order valence-electron chi connectivity index (χ2n) is 6.81. The maximum absolute atomic E-state index is 12.2. The van der Waals surface area contributed by atoms with Gasteiger partial charge in [-0.1, -0.05) is 42.5 Å². The first kappa shape index (κ1) is 24.6. The molecule has 2 rings (SSSR count). The van der Waals surface area contributed by atoms with E-state index in [-0.39, 0.29) is 12.3 Å². The minimum Gasteiger partial charge on any atom is -0.435 e. The van der Waals surface area contributed by atoms with Gasteiger partial charge in [-0.15, -0.1) is 0 Å². The third kappa shape index (κ3) is 10.2. The van der Waals surface area contributed by atoms with E-state index in [1.54, 1.807) is 12.1 Å². The summed E-state index contributed by atoms with van der Waals surface area (Å²) in [7, 11) is 0. The van der Waals surface area contributed by atoms with Crippen molar-refractivity contribution in [3.63, 3.8) is 0 Å². The maximum atomic E-state index is 12.2. The molecule has 6 nitrogen and oxygen atoms in total. The van der Waals surface area contributed by atoms with Gasteiger partial charge in [-0.05, 0) is 43.0 Å². The lowest BCUT2D eigenvalue weighted by Crippen LogP contribution is -2.38. The molecule has 0 amide bonds. The summed E-state index contributed by atoms with van der Waals surface area (Å²) >= 11 is 0. The van der Waals surface area contributed by atoms with Crippen LogP contribution in [0.15, 0.2) is 59.6 Å². The minimum atomic E-state index is -2.87. The fourth-order valence-corrected chi connectivity index (χ4v) is 2.81. The fraction of sp³-hybridized carbons (Fsp3) is 0.435. The third-order valence-corrected chi connectivity index (χ3v) is 4.39. The molecule has 1 unspecified atom stereocenters. The van der Waals surface area contributed by atoms with Crippen molar-refractivity contribution in [3.05, 3.63) is 65.7 Å². The normalized spacial score (nSPS) is 12.6. The molecule has 2 aromatic carbocycles. The van der Waals surface area contributed by atoms with Crippen LogP contribution in [0.1, 0.15) is 30.6 Å². The molecule has 0 saturated heterocycles. The van der Waals surface area contributed by atoms with Crippen molar-refractivity contribution >= 4 is 5.96 Å². The highest BCUT2D eigenvalue weighted by Crippen LogP contribution is 2.19. The van der Waals surface area contributed by atoms with Crippen molar-refractivity contribution in [2.45, 2.75) is 32.5 Å². The lowest BCUT2D eigenvalue weighted by Gasteiger charge is -2.14. The lowest BCUT2D eigenvalue weighted by atomic mass is 10.1. The van der Waals surface area contributed by atoms with E-state index in [0.717, 1.165) is 12.8 Å². The number of hydrogen-bond acceptors (Lipinski definition) is 4. The van der Waals surface area contributed by atoms with Crippen LogP contribution >= 0.6 is 0 Å². The number of aliphatic hydroxyl groups excluding tert-OH is 1. The van der Waals surface area contributed by atoms with Crippen LogP contribution in [-0.2, 0) is 11.2 Å². The van der Waals surface area contributed by atoms with E-state index in [2.05, 4.69) is 32.5 Å². The summed E-state index contributed by atoms with van der Waals surface area (Å²) in [6.07, 6.45) is 0.871. The van der Waals surface area contributed by atoms with Crippen LogP contribution < -0.4 is 15.4 Å². The van der Waals surface area contributed by atoms with Crippen LogP contribution in [0.2, 0.25) is 0 Å². The molecule has 0 aliphatic heterocycles. The zero-order valence-corrected chi connectivity index (χ0v) is 17.8. The highest BCUT2D eigenvalue weighted by Gasteiger charge is 2.09. The molecule has 0 aromatic heterocycles. The molecule has 0 aliphatic carbocycles. The van der Waals surface area contributed by atoms with Crippen molar-refractivity contribution in [2.24, 2.45) is 4.99 Å². The van der Waals surface area contributed by atoms with Gasteiger partial charge in [-0.2, -0.15) is 8.78 Å². The summed E-state index contributed by atoms with van der Waals surface area (Å²) < 4.78 is 34.4. The molecule has 0 saturated carbocycles. The van der Waals surface area contributed by atoms with E-state index < -0.39 is 12.7 Å². The fourth-order valence-electron chi connectivity index (χ4n) is 2.81. The van der Waals surface area contributed by atoms with Crippen molar-refractivity contribution in [1.29, 1.82) is 0 Å². The number of halogens is 2. The largest absolute Gasteiger partial charge is 0.435 e. The number of aliphatic imine (C=N–C) groups is 1. The maximum Gasteiger partial charge on any atom is 0.387 e. The monoisotopic (exact) mass is 435 g/mol. The molecule has 31 heavy (non-hydrogen) atoms. The Balaban J connectivity index is 1.68. The second kappa shape index (κ2) is 14.3. The number of rotatable bonds is 13. The first-order chi connectivity index (χ1) is 15.1. The van der Waals surface area contributed by atoms with Crippen LogP contribution in [0.5, 0.6) is 5.75 Å². The summed E-state index contributed by atoms with van der Waals surface area (Å²) in [6, 6.07) is 16.1. The van der Waals surface area contributed by atoms with Gasteiger partial charge in [0.15, 0.2) is 5.96 Å². The molecular formula is C23H31F2N3O3. The van der Waals surface area contributed by atoms with Gasteiger partial charge < -0.3 is 25.2 Å². The van der Waals surface area contributed by atoms with Gasteiger partial charge in [0.05, 0.1) is 19.3 Å². The van der Waals surface area contributed by atoms with Gasteiger partial charge in [0.1, 0.15) is 5.75 Å². The summed E-state index contributed by atoms with van der Waals surface area (Å²) in [6.45, 7) is 1.94. The molecule has 0 fully saturated rings. The molecule has 0 aliphatic rings. The van der Waals surface area contributed by atoms with E-state index in [1.165, 1.54) is 17.7 Å². The van der Waals surface area contributed by atoms with E-state index >= 15 is 0 Å². The van der Waals surface area contributed by atoms with Crippen molar-refractivity contribution in [1.82, 2.24) is 10.6 Å². The van der Waals surface area contributed by atoms with Crippen LogP contribution in [0.4, 0.5) is 8.78 Å². The van der Waals surface area contributed by atoms with Crippen LogP contribution in [0.3, 0.4) is 0 Å². The molecule has 0 spiro atoms. The number of nitrogens with zero attached hydrogens (tertiary/aromatic N) is 1. The Kier molecular flexibility index (Phi) is 11.3. The molecular weight excluding hydrogens is 404 g/mol. The number of alkyl halides is 2. The van der Waals surface area contributed by atoms with Crippen molar-refractivity contribution in [3.8, 4) is 5.75 Å².